The monoisotopic (exact) mass is 252 g/mol. The number of pyridine rings is 1. The van der Waals surface area contributed by atoms with Gasteiger partial charge in [-0.2, -0.15) is 0 Å². The normalized spacial score (nSPS) is 12.8. The van der Waals surface area contributed by atoms with Gasteiger partial charge in [0.05, 0.1) is 12.7 Å². The molecule has 18 heavy (non-hydrogen) atoms. The van der Waals surface area contributed by atoms with Gasteiger partial charge >= 0.3 is 0 Å². The Morgan fingerprint density at radius 2 is 2.00 bits per heavy atom. The van der Waals surface area contributed by atoms with Crippen LogP contribution in [0.3, 0.4) is 0 Å². The summed E-state index contributed by atoms with van der Waals surface area (Å²) in [4.78, 5) is 6.48. The first-order valence-corrected chi connectivity index (χ1v) is 6.65. The molecule has 0 aliphatic heterocycles. The van der Waals surface area contributed by atoms with Crippen LogP contribution < -0.4 is 4.90 Å². The number of hydrogen-bond donors (Lipinski definition) is 2. The van der Waals surface area contributed by atoms with Crippen LogP contribution in [0.4, 0.5) is 5.82 Å². The molecule has 1 heterocycles. The minimum absolute atomic E-state index is 0.108. The molecule has 0 bridgehead atoms. The molecule has 0 aromatic carbocycles. The van der Waals surface area contributed by atoms with Gasteiger partial charge in [0, 0.05) is 18.8 Å². The number of aliphatic hydroxyl groups is 2. The van der Waals surface area contributed by atoms with Crippen molar-refractivity contribution >= 4 is 5.82 Å². The Labute approximate surface area is 109 Å². The summed E-state index contributed by atoms with van der Waals surface area (Å²) in [5.41, 5.74) is 0.855. The van der Waals surface area contributed by atoms with Gasteiger partial charge in [-0.25, -0.2) is 4.98 Å². The van der Waals surface area contributed by atoms with Gasteiger partial charge in [0.2, 0.25) is 0 Å². The van der Waals surface area contributed by atoms with Gasteiger partial charge in [-0.3, -0.25) is 0 Å². The fourth-order valence-corrected chi connectivity index (χ4v) is 2.17. The van der Waals surface area contributed by atoms with Crippen LogP contribution >= 0.6 is 0 Å². The summed E-state index contributed by atoms with van der Waals surface area (Å²) in [6.07, 6.45) is 3.24. The Morgan fingerprint density at radius 3 is 2.50 bits per heavy atom. The maximum atomic E-state index is 9.62. The second kappa shape index (κ2) is 7.34. The van der Waals surface area contributed by atoms with Crippen molar-refractivity contribution in [1.29, 1.82) is 0 Å². The van der Waals surface area contributed by atoms with Crippen molar-refractivity contribution in [3.05, 3.63) is 23.9 Å². The van der Waals surface area contributed by atoms with Gasteiger partial charge in [0.25, 0.3) is 0 Å². The first kappa shape index (κ1) is 14.9. The lowest BCUT2D eigenvalue weighted by Gasteiger charge is -2.31. The summed E-state index contributed by atoms with van der Waals surface area (Å²) >= 11 is 0. The smallest absolute Gasteiger partial charge is 0.129 e. The van der Waals surface area contributed by atoms with Crippen LogP contribution in [-0.4, -0.2) is 34.4 Å². The molecule has 0 fully saturated rings. The molecule has 102 valence electrons. The number of anilines is 1. The molecule has 0 radical (unpaired) electrons. The highest BCUT2D eigenvalue weighted by atomic mass is 16.3. The highest BCUT2D eigenvalue weighted by molar-refractivity contribution is 5.42. The second-order valence-electron chi connectivity index (χ2n) is 4.51. The van der Waals surface area contributed by atoms with E-state index in [1.54, 1.807) is 13.1 Å². The van der Waals surface area contributed by atoms with Crippen molar-refractivity contribution in [3.63, 3.8) is 0 Å². The zero-order chi connectivity index (χ0) is 13.5. The summed E-state index contributed by atoms with van der Waals surface area (Å²) in [6, 6.07) is 4.09. The summed E-state index contributed by atoms with van der Waals surface area (Å²) in [5, 5.41) is 18.8. The molecule has 1 aromatic rings. The second-order valence-corrected chi connectivity index (χ2v) is 4.51. The van der Waals surface area contributed by atoms with Crippen molar-refractivity contribution in [2.75, 3.05) is 18.1 Å². The Morgan fingerprint density at radius 1 is 1.33 bits per heavy atom. The minimum atomic E-state index is -0.496. The first-order chi connectivity index (χ1) is 8.63. The van der Waals surface area contributed by atoms with Crippen molar-refractivity contribution < 1.29 is 10.2 Å². The van der Waals surface area contributed by atoms with E-state index >= 15 is 0 Å². The molecule has 4 nitrogen and oxygen atoms in total. The van der Waals surface area contributed by atoms with Crippen molar-refractivity contribution in [3.8, 4) is 0 Å². The number of rotatable bonds is 7. The van der Waals surface area contributed by atoms with Crippen LogP contribution in [0.2, 0.25) is 0 Å². The molecule has 0 aliphatic rings. The highest BCUT2D eigenvalue weighted by Gasteiger charge is 2.17. The molecule has 2 N–H and O–H groups in total. The average molecular weight is 252 g/mol. The molecule has 0 saturated carbocycles. The van der Waals surface area contributed by atoms with E-state index in [1.165, 1.54) is 0 Å². The van der Waals surface area contributed by atoms with Crippen molar-refractivity contribution in [2.45, 2.75) is 45.8 Å². The molecule has 0 spiro atoms. The molecule has 0 amide bonds. The number of nitrogens with zero attached hydrogens (tertiary/aromatic N) is 2. The van der Waals surface area contributed by atoms with Crippen LogP contribution in [0.1, 0.15) is 45.3 Å². The SMILES string of the molecule is CCC(CC)N(CCO)c1cc(C(C)O)ccn1. The maximum Gasteiger partial charge on any atom is 0.129 e. The molecule has 0 saturated heterocycles. The first-order valence-electron chi connectivity index (χ1n) is 6.65. The lowest BCUT2D eigenvalue weighted by atomic mass is 10.1. The van der Waals surface area contributed by atoms with Gasteiger partial charge in [-0.1, -0.05) is 13.8 Å². The molecular weight excluding hydrogens is 228 g/mol. The molecule has 1 aromatic heterocycles. The van der Waals surface area contributed by atoms with Crippen LogP contribution in [0.25, 0.3) is 0 Å². The van der Waals surface area contributed by atoms with E-state index in [4.69, 9.17) is 0 Å². The number of aromatic nitrogens is 1. The largest absolute Gasteiger partial charge is 0.395 e. The van der Waals surface area contributed by atoms with E-state index in [9.17, 15) is 10.2 Å². The topological polar surface area (TPSA) is 56.6 Å². The predicted octanol–water partition coefficient (Wildman–Crippen LogP) is 2.12. The summed E-state index contributed by atoms with van der Waals surface area (Å²) in [6.45, 7) is 6.69. The Hall–Kier alpha value is -1.13. The van der Waals surface area contributed by atoms with Crippen LogP contribution in [0.15, 0.2) is 18.3 Å². The van der Waals surface area contributed by atoms with Crippen LogP contribution in [0.5, 0.6) is 0 Å². The van der Waals surface area contributed by atoms with E-state index in [-0.39, 0.29) is 6.61 Å². The zero-order valence-electron chi connectivity index (χ0n) is 11.5. The Kier molecular flexibility index (Phi) is 6.09. The van der Waals surface area contributed by atoms with Crippen molar-refractivity contribution in [2.24, 2.45) is 0 Å². The van der Waals surface area contributed by atoms with Gasteiger partial charge in [0.15, 0.2) is 0 Å². The number of hydrogen-bond acceptors (Lipinski definition) is 4. The molecule has 1 rings (SSSR count). The van der Waals surface area contributed by atoms with Crippen LogP contribution in [-0.2, 0) is 0 Å². The standard InChI is InChI=1S/C14H24N2O2/c1-4-13(5-2)16(8-9-17)14-10-12(11(3)18)6-7-15-14/h6-7,10-11,13,17-18H,4-5,8-9H2,1-3H3. The predicted molar refractivity (Wildman–Crippen MR) is 73.7 cm³/mol. The summed E-state index contributed by atoms with van der Waals surface area (Å²) in [7, 11) is 0. The van der Waals surface area contributed by atoms with E-state index in [0.717, 1.165) is 24.2 Å². The van der Waals surface area contributed by atoms with E-state index in [0.29, 0.717) is 12.6 Å². The van der Waals surface area contributed by atoms with E-state index < -0.39 is 6.10 Å². The third-order valence-corrected chi connectivity index (χ3v) is 3.27. The maximum absolute atomic E-state index is 9.62. The molecule has 0 aliphatic carbocycles. The third kappa shape index (κ3) is 3.68. The fourth-order valence-electron chi connectivity index (χ4n) is 2.17. The quantitative estimate of drug-likeness (QED) is 0.780. The molecular formula is C14H24N2O2. The van der Waals surface area contributed by atoms with Gasteiger partial charge in [-0.05, 0) is 37.5 Å². The average Bonchev–Trinajstić information content (AvgIpc) is 2.39. The molecule has 1 unspecified atom stereocenters. The molecule has 4 heteroatoms. The fraction of sp³-hybridized carbons (Fsp3) is 0.643. The lowest BCUT2D eigenvalue weighted by Crippen LogP contribution is -2.37. The van der Waals surface area contributed by atoms with E-state index in [1.807, 2.05) is 12.1 Å². The Balaban J connectivity index is 3.00. The van der Waals surface area contributed by atoms with E-state index in [2.05, 4.69) is 23.7 Å². The van der Waals surface area contributed by atoms with Crippen molar-refractivity contribution in [1.82, 2.24) is 4.98 Å². The zero-order valence-corrected chi connectivity index (χ0v) is 11.5. The van der Waals surface area contributed by atoms with Gasteiger partial charge in [0.1, 0.15) is 5.82 Å². The third-order valence-electron chi connectivity index (χ3n) is 3.27. The summed E-state index contributed by atoms with van der Waals surface area (Å²) < 4.78 is 0. The lowest BCUT2D eigenvalue weighted by molar-refractivity contribution is 0.199. The minimum Gasteiger partial charge on any atom is -0.395 e. The van der Waals surface area contributed by atoms with Gasteiger partial charge < -0.3 is 15.1 Å². The summed E-state index contributed by atoms with van der Waals surface area (Å²) in [5.74, 6) is 0.830. The Bertz CT molecular complexity index is 351. The number of aliphatic hydroxyl groups excluding tert-OH is 2. The van der Waals surface area contributed by atoms with Gasteiger partial charge in [-0.15, -0.1) is 0 Å². The van der Waals surface area contributed by atoms with Crippen LogP contribution in [0, 0.1) is 0 Å². The molecule has 1 atom stereocenters. The highest BCUT2D eigenvalue weighted by Crippen LogP contribution is 2.21.